The molecular formula is C33H33N5O5S. The molecule has 0 bridgehead atoms. The molecule has 0 unspecified atom stereocenters. The van der Waals surface area contributed by atoms with Crippen LogP contribution in [0.5, 0.6) is 0 Å². The molecular weight excluding hydrogens is 578 g/mol. The number of hydrogen-bond acceptors (Lipinski definition) is 8. The highest BCUT2D eigenvalue weighted by Gasteiger charge is 2.38. The fourth-order valence-corrected chi connectivity index (χ4v) is 7.33. The van der Waals surface area contributed by atoms with Gasteiger partial charge in [0.05, 0.1) is 19.2 Å². The van der Waals surface area contributed by atoms with Gasteiger partial charge in [-0.3, -0.25) is 19.1 Å². The molecule has 2 aliphatic heterocycles. The van der Waals surface area contributed by atoms with Gasteiger partial charge in [0, 0.05) is 28.1 Å². The van der Waals surface area contributed by atoms with Crippen LogP contribution in [0.15, 0.2) is 47.5 Å². The number of nitrogens with zero attached hydrogens (tertiary/aromatic N) is 5. The van der Waals surface area contributed by atoms with Crippen molar-refractivity contribution in [2.24, 2.45) is 10.9 Å². The van der Waals surface area contributed by atoms with Gasteiger partial charge < -0.3 is 14.7 Å². The minimum Gasteiger partial charge on any atom is -0.480 e. The first-order valence-electron chi connectivity index (χ1n) is 14.4. The van der Waals surface area contributed by atoms with Crippen molar-refractivity contribution in [2.75, 3.05) is 7.11 Å². The van der Waals surface area contributed by atoms with Gasteiger partial charge >= 0.3 is 11.9 Å². The van der Waals surface area contributed by atoms with Crippen LogP contribution in [-0.2, 0) is 20.9 Å². The molecule has 44 heavy (non-hydrogen) atoms. The first-order chi connectivity index (χ1) is 21.0. The second kappa shape index (κ2) is 11.1. The molecule has 4 aromatic rings. The topological polar surface area (TPSA) is 127 Å². The van der Waals surface area contributed by atoms with Crippen LogP contribution in [0.25, 0.3) is 16.1 Å². The maximum absolute atomic E-state index is 13.1. The van der Waals surface area contributed by atoms with Crippen LogP contribution in [0.3, 0.4) is 0 Å². The summed E-state index contributed by atoms with van der Waals surface area (Å²) in [4.78, 5) is 45.1. The third kappa shape index (κ3) is 4.81. The van der Waals surface area contributed by atoms with Crippen LogP contribution in [0, 0.1) is 26.7 Å². The number of aliphatic carboxylic acids is 1. The van der Waals surface area contributed by atoms with Gasteiger partial charge in [0.25, 0.3) is 5.91 Å². The maximum atomic E-state index is 13.1. The lowest BCUT2D eigenvalue weighted by Crippen LogP contribution is -2.44. The minimum atomic E-state index is -0.999. The molecule has 4 heterocycles. The molecule has 10 nitrogen and oxygen atoms in total. The van der Waals surface area contributed by atoms with Gasteiger partial charge in [-0.15, -0.1) is 21.5 Å². The largest absolute Gasteiger partial charge is 0.480 e. The number of methoxy groups -OCH3 is 1. The van der Waals surface area contributed by atoms with Gasteiger partial charge in [0.1, 0.15) is 22.9 Å². The third-order valence-electron chi connectivity index (χ3n) is 8.48. The van der Waals surface area contributed by atoms with Crippen LogP contribution in [0.1, 0.15) is 75.4 Å². The van der Waals surface area contributed by atoms with Gasteiger partial charge in [-0.1, -0.05) is 44.2 Å². The van der Waals surface area contributed by atoms with Crippen molar-refractivity contribution in [2.45, 2.75) is 59.7 Å². The van der Waals surface area contributed by atoms with Gasteiger partial charge in [-0.25, -0.2) is 4.79 Å². The standard InChI is InChI=1S/C33H33N5O5S/c1-16(2)29(33(41)42)37-15-23-13-22(11-12-24(23)31(37)40)20-7-9-21(10-8-20)28-27-17(3)18(4)44-32(27)38-19(5)35-36-30(38)25(34-28)14-26(39)43-6/h7-13,16,25,29H,14-15H2,1-6H3,(H,41,42)/t25-,29-/m0/s1. The zero-order valence-corrected chi connectivity index (χ0v) is 26.2. The van der Waals surface area contributed by atoms with Crippen LogP contribution < -0.4 is 0 Å². The monoisotopic (exact) mass is 611 g/mol. The van der Waals surface area contributed by atoms with Gasteiger partial charge in [-0.2, -0.15) is 0 Å². The van der Waals surface area contributed by atoms with E-state index in [2.05, 4.69) is 24.0 Å². The molecule has 226 valence electrons. The Labute approximate surface area is 259 Å². The molecule has 2 aliphatic rings. The lowest BCUT2D eigenvalue weighted by molar-refractivity contribution is -0.144. The SMILES string of the molecule is COC(=O)C[C@@H]1N=C(c2ccc(-c3ccc4c(c3)CN([C@H](C(=O)O)C(C)C)C4=O)cc2)c2c(sc(C)c2C)-n2c(C)nnc21. The van der Waals surface area contributed by atoms with Gasteiger partial charge in [0.2, 0.25) is 0 Å². The zero-order valence-electron chi connectivity index (χ0n) is 25.4. The molecule has 0 saturated heterocycles. The summed E-state index contributed by atoms with van der Waals surface area (Å²) in [6, 6.07) is 12.3. The third-order valence-corrected chi connectivity index (χ3v) is 9.67. The Bertz CT molecular complexity index is 1850. The molecule has 0 fully saturated rings. The molecule has 2 aromatic carbocycles. The smallest absolute Gasteiger partial charge is 0.326 e. The summed E-state index contributed by atoms with van der Waals surface area (Å²) >= 11 is 1.65. The molecule has 1 N–H and O–H groups in total. The number of aliphatic imine (C=N–C) groups is 1. The summed E-state index contributed by atoms with van der Waals surface area (Å²) in [7, 11) is 1.36. The van der Waals surface area contributed by atoms with E-state index in [9.17, 15) is 19.5 Å². The fourth-order valence-electron chi connectivity index (χ4n) is 6.11. The summed E-state index contributed by atoms with van der Waals surface area (Å²) < 4.78 is 6.99. The van der Waals surface area contributed by atoms with E-state index in [4.69, 9.17) is 9.73 Å². The van der Waals surface area contributed by atoms with Crippen molar-refractivity contribution in [3.63, 3.8) is 0 Å². The number of rotatable bonds is 7. The Hall–Kier alpha value is -4.64. The Kier molecular flexibility index (Phi) is 7.44. The van der Waals surface area contributed by atoms with E-state index in [-0.39, 0.29) is 30.8 Å². The van der Waals surface area contributed by atoms with Crippen molar-refractivity contribution in [1.29, 1.82) is 0 Å². The Morgan fingerprint density at radius 1 is 1.05 bits per heavy atom. The minimum absolute atomic E-state index is 0.0353. The molecule has 2 aromatic heterocycles. The van der Waals surface area contributed by atoms with E-state index < -0.39 is 18.1 Å². The average molecular weight is 612 g/mol. The predicted molar refractivity (Wildman–Crippen MR) is 166 cm³/mol. The van der Waals surface area contributed by atoms with Crippen molar-refractivity contribution in [3.8, 4) is 16.1 Å². The van der Waals surface area contributed by atoms with E-state index in [1.54, 1.807) is 17.4 Å². The van der Waals surface area contributed by atoms with Crippen molar-refractivity contribution in [3.05, 3.63) is 86.8 Å². The molecule has 0 aliphatic carbocycles. The summed E-state index contributed by atoms with van der Waals surface area (Å²) in [5, 5.41) is 19.5. The highest BCUT2D eigenvalue weighted by Crippen LogP contribution is 2.40. The molecule has 2 atom stereocenters. The molecule has 0 radical (unpaired) electrons. The molecule has 0 spiro atoms. The number of carboxylic acids is 1. The van der Waals surface area contributed by atoms with E-state index >= 15 is 0 Å². The van der Waals surface area contributed by atoms with E-state index in [0.717, 1.165) is 54.8 Å². The Morgan fingerprint density at radius 3 is 2.39 bits per heavy atom. The number of ether oxygens (including phenoxy) is 1. The molecule has 11 heteroatoms. The second-order valence-corrected chi connectivity index (χ2v) is 12.8. The lowest BCUT2D eigenvalue weighted by atomic mass is 9.96. The summed E-state index contributed by atoms with van der Waals surface area (Å²) in [6.07, 6.45) is 0.0353. The summed E-state index contributed by atoms with van der Waals surface area (Å²) in [5.41, 5.74) is 7.01. The zero-order chi connectivity index (χ0) is 31.4. The summed E-state index contributed by atoms with van der Waals surface area (Å²) in [5.74, 6) is -0.518. The number of thiophene rings is 1. The number of esters is 1. The summed E-state index contributed by atoms with van der Waals surface area (Å²) in [6.45, 7) is 9.94. The van der Waals surface area contributed by atoms with E-state index in [1.165, 1.54) is 12.0 Å². The number of benzene rings is 2. The number of fused-ring (bicyclic) bond motifs is 4. The number of aryl methyl sites for hydroxylation is 2. The first kappa shape index (κ1) is 29.4. The van der Waals surface area contributed by atoms with Crippen LogP contribution in [0.4, 0.5) is 0 Å². The van der Waals surface area contributed by atoms with Crippen LogP contribution in [-0.4, -0.2) is 61.5 Å². The Morgan fingerprint density at radius 2 is 1.73 bits per heavy atom. The van der Waals surface area contributed by atoms with E-state index in [1.807, 2.05) is 61.7 Å². The highest BCUT2D eigenvalue weighted by molar-refractivity contribution is 7.15. The molecule has 6 rings (SSSR count). The number of carbonyl (C=O) groups is 3. The molecule has 0 saturated carbocycles. The van der Waals surface area contributed by atoms with E-state index in [0.29, 0.717) is 11.4 Å². The average Bonchev–Trinajstić information content (AvgIpc) is 3.59. The lowest BCUT2D eigenvalue weighted by Gasteiger charge is -2.27. The number of carboxylic acid groups (broad SMARTS) is 1. The molecule has 1 amide bonds. The second-order valence-electron chi connectivity index (χ2n) is 11.6. The predicted octanol–water partition coefficient (Wildman–Crippen LogP) is 5.44. The quantitative estimate of drug-likeness (QED) is 0.276. The number of carbonyl (C=O) groups excluding carboxylic acids is 2. The fraction of sp³-hybridized carbons (Fsp3) is 0.333. The van der Waals surface area contributed by atoms with Crippen molar-refractivity contribution in [1.82, 2.24) is 19.7 Å². The number of amides is 1. The highest BCUT2D eigenvalue weighted by atomic mass is 32.1. The van der Waals surface area contributed by atoms with Crippen LogP contribution >= 0.6 is 11.3 Å². The van der Waals surface area contributed by atoms with Crippen LogP contribution in [0.2, 0.25) is 0 Å². The Balaban J connectivity index is 1.38. The first-order valence-corrected chi connectivity index (χ1v) is 15.3. The number of hydrogen-bond donors (Lipinski definition) is 1. The van der Waals surface area contributed by atoms with Gasteiger partial charge in [-0.05, 0) is 61.1 Å². The number of aromatic nitrogens is 3. The maximum Gasteiger partial charge on any atom is 0.326 e. The van der Waals surface area contributed by atoms with Crippen molar-refractivity contribution < 1.29 is 24.2 Å². The normalized spacial score (nSPS) is 16.2. The van der Waals surface area contributed by atoms with Crippen molar-refractivity contribution >= 4 is 34.9 Å². The van der Waals surface area contributed by atoms with Gasteiger partial charge in [0.15, 0.2) is 5.82 Å².